The van der Waals surface area contributed by atoms with Gasteiger partial charge in [-0.2, -0.15) is 0 Å². The van der Waals surface area contributed by atoms with E-state index >= 15 is 0 Å². The van der Waals surface area contributed by atoms with Crippen molar-refractivity contribution in [2.24, 2.45) is 0 Å². The van der Waals surface area contributed by atoms with Gasteiger partial charge in [-0.3, -0.25) is 4.57 Å². The second kappa shape index (κ2) is 5.69. The molecule has 0 aliphatic rings. The van der Waals surface area contributed by atoms with E-state index in [4.69, 9.17) is 0 Å². The summed E-state index contributed by atoms with van der Waals surface area (Å²) in [6.07, 6.45) is 0. The zero-order valence-electron chi connectivity index (χ0n) is 7.30. The maximum atomic E-state index is 10.5. The van der Waals surface area contributed by atoms with Crippen LogP contribution in [-0.2, 0) is 4.57 Å². The van der Waals surface area contributed by atoms with Gasteiger partial charge in [-0.15, -0.1) is 24.4 Å². The Bertz CT molecular complexity index is 273. The quantitative estimate of drug-likeness (QED) is 0.482. The van der Waals surface area contributed by atoms with E-state index in [2.05, 4.69) is 12.6 Å². The zero-order chi connectivity index (χ0) is 9.68. The van der Waals surface area contributed by atoms with Crippen LogP contribution >= 0.6 is 32.9 Å². The van der Waals surface area contributed by atoms with Crippen LogP contribution in [0.3, 0.4) is 0 Å². The van der Waals surface area contributed by atoms with Crippen molar-refractivity contribution in [2.45, 2.75) is 22.4 Å². The Morgan fingerprint density at radius 2 is 2.08 bits per heavy atom. The lowest BCUT2D eigenvalue weighted by Crippen LogP contribution is -1.93. The van der Waals surface area contributed by atoms with Gasteiger partial charge >= 0.3 is 0 Å². The average Bonchev–Trinajstić information content (AvgIpc) is 2.16. The van der Waals surface area contributed by atoms with Crippen LogP contribution in [0.1, 0.15) is 6.92 Å². The SMILES string of the molecule is CC(CSc1ccc(S)cc1)P=O. The molecule has 1 nitrogen and oxygen atoms in total. The van der Waals surface area contributed by atoms with Gasteiger partial charge < -0.3 is 0 Å². The molecule has 0 saturated carbocycles. The van der Waals surface area contributed by atoms with Gasteiger partial charge in [-0.05, 0) is 24.3 Å². The van der Waals surface area contributed by atoms with Crippen molar-refractivity contribution >= 4 is 32.9 Å². The molecule has 0 N–H and O–H groups in total. The molecule has 0 fully saturated rings. The largest absolute Gasteiger partial charge is 0.275 e. The summed E-state index contributed by atoms with van der Waals surface area (Å²) in [7, 11) is 0.228. The molecule has 0 aliphatic carbocycles. The molecule has 1 unspecified atom stereocenters. The van der Waals surface area contributed by atoms with Crippen LogP contribution in [0.5, 0.6) is 0 Å². The fourth-order valence-corrected chi connectivity index (χ4v) is 2.17. The first kappa shape index (κ1) is 11.1. The Morgan fingerprint density at radius 1 is 1.46 bits per heavy atom. The number of thioether (sulfide) groups is 1. The van der Waals surface area contributed by atoms with Gasteiger partial charge in [-0.1, -0.05) is 6.92 Å². The summed E-state index contributed by atoms with van der Waals surface area (Å²) in [5.41, 5.74) is 0.223. The smallest absolute Gasteiger partial charge is 0.159 e. The summed E-state index contributed by atoms with van der Waals surface area (Å²) in [5.74, 6) is 0.886. The molecule has 70 valence electrons. The van der Waals surface area contributed by atoms with Crippen molar-refractivity contribution in [3.63, 3.8) is 0 Å². The van der Waals surface area contributed by atoms with E-state index < -0.39 is 0 Å². The normalized spacial score (nSPS) is 13.1. The Kier molecular flexibility index (Phi) is 4.86. The molecule has 0 amide bonds. The summed E-state index contributed by atoms with van der Waals surface area (Å²) < 4.78 is 10.5. The third kappa shape index (κ3) is 4.17. The monoisotopic (exact) mass is 230 g/mol. The Morgan fingerprint density at radius 3 is 2.62 bits per heavy atom. The third-order valence-corrected chi connectivity index (χ3v) is 3.87. The Hall–Kier alpha value is 0.0200. The molecule has 0 saturated heterocycles. The number of rotatable bonds is 4. The van der Waals surface area contributed by atoms with Crippen LogP contribution in [0.2, 0.25) is 0 Å². The van der Waals surface area contributed by atoms with Gasteiger partial charge in [0.1, 0.15) is 0 Å². The van der Waals surface area contributed by atoms with Crippen molar-refractivity contribution in [2.75, 3.05) is 5.75 Å². The molecule has 0 radical (unpaired) electrons. The van der Waals surface area contributed by atoms with Gasteiger partial charge in [0, 0.05) is 21.2 Å². The van der Waals surface area contributed by atoms with Gasteiger partial charge in [0.2, 0.25) is 0 Å². The summed E-state index contributed by atoms with van der Waals surface area (Å²) in [6.45, 7) is 1.97. The van der Waals surface area contributed by atoms with E-state index in [1.54, 1.807) is 11.8 Å². The fraction of sp³-hybridized carbons (Fsp3) is 0.333. The maximum Gasteiger partial charge on any atom is 0.159 e. The van der Waals surface area contributed by atoms with Crippen LogP contribution in [0.4, 0.5) is 0 Å². The van der Waals surface area contributed by atoms with Crippen molar-refractivity contribution < 1.29 is 4.57 Å². The summed E-state index contributed by atoms with van der Waals surface area (Å²) in [6, 6.07) is 7.98. The highest BCUT2D eigenvalue weighted by Crippen LogP contribution is 2.23. The number of hydrogen-bond acceptors (Lipinski definition) is 3. The second-order valence-electron chi connectivity index (χ2n) is 2.76. The first-order valence-electron chi connectivity index (χ1n) is 3.96. The standard InChI is InChI=1S/C9H11OPS2/c1-7(11-10)6-13-9-4-2-8(12)3-5-9/h2-5,7,12H,6H2,1H3. The predicted octanol–water partition coefficient (Wildman–Crippen LogP) is 3.75. The highest BCUT2D eigenvalue weighted by Gasteiger charge is 2.01. The predicted molar refractivity (Wildman–Crippen MR) is 61.5 cm³/mol. The zero-order valence-corrected chi connectivity index (χ0v) is 9.91. The van der Waals surface area contributed by atoms with E-state index in [-0.39, 0.29) is 14.1 Å². The van der Waals surface area contributed by atoms with Gasteiger partial charge in [0.15, 0.2) is 8.46 Å². The number of hydrogen-bond donors (Lipinski definition) is 1. The van der Waals surface area contributed by atoms with E-state index in [0.717, 1.165) is 10.6 Å². The topological polar surface area (TPSA) is 17.1 Å². The number of benzene rings is 1. The van der Waals surface area contributed by atoms with Crippen LogP contribution in [0, 0.1) is 0 Å². The van der Waals surface area contributed by atoms with Crippen LogP contribution < -0.4 is 0 Å². The van der Waals surface area contributed by atoms with E-state index in [9.17, 15) is 4.57 Å². The molecule has 0 bridgehead atoms. The Labute approximate surface area is 89.9 Å². The van der Waals surface area contributed by atoms with Crippen LogP contribution in [-0.4, -0.2) is 11.4 Å². The molecular weight excluding hydrogens is 219 g/mol. The van der Waals surface area contributed by atoms with Crippen molar-refractivity contribution in [1.29, 1.82) is 0 Å². The average molecular weight is 230 g/mol. The van der Waals surface area contributed by atoms with E-state index in [1.807, 2.05) is 31.2 Å². The van der Waals surface area contributed by atoms with Crippen LogP contribution in [0.15, 0.2) is 34.1 Å². The molecule has 0 heterocycles. The Balaban J connectivity index is 2.45. The van der Waals surface area contributed by atoms with Crippen LogP contribution in [0.25, 0.3) is 0 Å². The van der Waals surface area contributed by atoms with E-state index in [0.29, 0.717) is 0 Å². The second-order valence-corrected chi connectivity index (χ2v) is 5.46. The molecule has 4 heteroatoms. The van der Waals surface area contributed by atoms with Crippen molar-refractivity contribution in [3.8, 4) is 0 Å². The molecule has 1 aromatic rings. The molecule has 13 heavy (non-hydrogen) atoms. The fourth-order valence-electron chi connectivity index (χ4n) is 0.790. The maximum absolute atomic E-state index is 10.5. The molecule has 0 aromatic heterocycles. The minimum atomic E-state index is 0.223. The summed E-state index contributed by atoms with van der Waals surface area (Å²) >= 11 is 5.92. The minimum absolute atomic E-state index is 0.223. The number of thiol groups is 1. The van der Waals surface area contributed by atoms with Gasteiger partial charge in [0.25, 0.3) is 0 Å². The minimum Gasteiger partial charge on any atom is -0.275 e. The first-order chi connectivity index (χ1) is 6.22. The highest BCUT2D eigenvalue weighted by molar-refractivity contribution is 7.99. The molecule has 0 spiro atoms. The molecule has 1 atom stereocenters. The first-order valence-corrected chi connectivity index (χ1v) is 6.28. The third-order valence-electron chi connectivity index (χ3n) is 1.51. The van der Waals surface area contributed by atoms with Gasteiger partial charge in [-0.25, -0.2) is 0 Å². The highest BCUT2D eigenvalue weighted by atomic mass is 32.2. The summed E-state index contributed by atoms with van der Waals surface area (Å²) in [5, 5.41) is 0. The van der Waals surface area contributed by atoms with Crippen molar-refractivity contribution in [3.05, 3.63) is 24.3 Å². The van der Waals surface area contributed by atoms with E-state index in [1.165, 1.54) is 4.90 Å². The molecule has 0 aliphatic heterocycles. The molecular formula is C9H11OPS2. The molecule has 1 aromatic carbocycles. The molecule has 1 rings (SSSR count). The summed E-state index contributed by atoms with van der Waals surface area (Å²) in [4.78, 5) is 2.17. The lowest BCUT2D eigenvalue weighted by molar-refractivity contribution is 0.594. The van der Waals surface area contributed by atoms with Gasteiger partial charge in [0.05, 0.1) is 0 Å². The lowest BCUT2D eigenvalue weighted by Gasteiger charge is -2.02. The van der Waals surface area contributed by atoms with Crippen molar-refractivity contribution in [1.82, 2.24) is 0 Å². The lowest BCUT2D eigenvalue weighted by atomic mass is 10.4.